The summed E-state index contributed by atoms with van der Waals surface area (Å²) in [5.74, 6) is 0.583. The Kier molecular flexibility index (Phi) is 8.59. The van der Waals surface area contributed by atoms with Crippen LogP contribution >= 0.6 is 0 Å². The Balaban J connectivity index is 0.979. The van der Waals surface area contributed by atoms with Gasteiger partial charge in [0, 0.05) is 67.4 Å². The fraction of sp³-hybridized carbons (Fsp3) is 0.394. The monoisotopic (exact) mass is 625 g/mol. The number of hydrogen-bond donors (Lipinski definition) is 2. The van der Waals surface area contributed by atoms with E-state index in [9.17, 15) is 14.4 Å². The second kappa shape index (κ2) is 12.8. The van der Waals surface area contributed by atoms with Gasteiger partial charge < -0.3 is 25.6 Å². The molecule has 1 unspecified atom stereocenters. The summed E-state index contributed by atoms with van der Waals surface area (Å²) >= 11 is 0. The van der Waals surface area contributed by atoms with E-state index in [1.54, 1.807) is 57.4 Å². The lowest BCUT2D eigenvalue weighted by Crippen LogP contribution is -2.51. The van der Waals surface area contributed by atoms with Gasteiger partial charge >= 0.3 is 6.09 Å². The van der Waals surface area contributed by atoms with Crippen molar-refractivity contribution in [2.75, 3.05) is 61.8 Å². The van der Waals surface area contributed by atoms with Gasteiger partial charge in [0.1, 0.15) is 5.60 Å². The van der Waals surface area contributed by atoms with Crippen molar-refractivity contribution in [1.29, 1.82) is 0 Å². The fourth-order valence-corrected chi connectivity index (χ4v) is 5.87. The average Bonchev–Trinajstić information content (AvgIpc) is 3.65. The molecule has 4 heterocycles. The summed E-state index contributed by atoms with van der Waals surface area (Å²) in [7, 11) is 0. The standard InChI is InChI=1S/C33H39N9O4/c1-33(2,3)46-32(45)42-27-10-7-24(19-26(27)29(34)38-42)37-31(44)23-11-14-39(20-23)21-28(43)41-17-15-40(16-18-41)25-8-5-22(6-9-25)30-35-12-4-13-36-30/h4-10,12-13,19,23H,11,14-18,20-21H2,1-3H3,(H2,34,38)(H,37,44). The molecule has 2 fully saturated rings. The Morgan fingerprint density at radius 1 is 0.978 bits per heavy atom. The largest absolute Gasteiger partial charge is 0.442 e. The maximum atomic E-state index is 13.1. The van der Waals surface area contributed by atoms with Gasteiger partial charge in [-0.1, -0.05) is 0 Å². The molecule has 6 rings (SSSR count). The number of fused-ring (bicyclic) bond motifs is 1. The highest BCUT2D eigenvalue weighted by Gasteiger charge is 2.31. The number of nitrogens with zero attached hydrogens (tertiary/aromatic N) is 7. The van der Waals surface area contributed by atoms with Gasteiger partial charge in [-0.3, -0.25) is 14.5 Å². The fourth-order valence-electron chi connectivity index (χ4n) is 5.87. The van der Waals surface area contributed by atoms with Crippen molar-refractivity contribution < 1.29 is 19.1 Å². The molecule has 3 N–H and O–H groups in total. The van der Waals surface area contributed by atoms with Crippen LogP contribution in [-0.4, -0.2) is 98.9 Å². The molecule has 1 atom stereocenters. The number of piperazine rings is 1. The number of carbonyl (C=O) groups is 3. The van der Waals surface area contributed by atoms with Gasteiger partial charge in [0.25, 0.3) is 0 Å². The van der Waals surface area contributed by atoms with Crippen molar-refractivity contribution in [1.82, 2.24) is 29.5 Å². The Hall–Kier alpha value is -5.04. The molecule has 2 aromatic heterocycles. The molecule has 46 heavy (non-hydrogen) atoms. The van der Waals surface area contributed by atoms with Crippen LogP contribution in [0.1, 0.15) is 27.2 Å². The molecule has 240 valence electrons. The van der Waals surface area contributed by atoms with Crippen LogP contribution < -0.4 is 16.0 Å². The third kappa shape index (κ3) is 6.94. The van der Waals surface area contributed by atoms with Gasteiger partial charge in [-0.25, -0.2) is 14.8 Å². The number of nitrogen functional groups attached to an aromatic ring is 1. The summed E-state index contributed by atoms with van der Waals surface area (Å²) in [6.45, 7) is 9.62. The number of carbonyl (C=O) groups excluding carboxylic acids is 3. The maximum absolute atomic E-state index is 13.1. The molecular formula is C33H39N9O4. The molecule has 2 saturated heterocycles. The molecule has 2 aliphatic heterocycles. The SMILES string of the molecule is CC(C)(C)OC(=O)n1nc(N)c2cc(NC(=O)C3CCN(CC(=O)N4CCN(c5ccc(-c6ncccn6)cc5)CC4)C3)ccc21. The lowest BCUT2D eigenvalue weighted by molar-refractivity contribution is -0.132. The number of hydrogen-bond acceptors (Lipinski definition) is 10. The van der Waals surface area contributed by atoms with Crippen molar-refractivity contribution >= 4 is 46.0 Å². The molecule has 0 spiro atoms. The van der Waals surface area contributed by atoms with E-state index in [1.807, 2.05) is 17.0 Å². The number of nitrogens with one attached hydrogen (secondary N) is 1. The summed E-state index contributed by atoms with van der Waals surface area (Å²) in [6, 6.07) is 15.1. The molecule has 2 amide bonds. The van der Waals surface area contributed by atoms with Crippen LogP contribution in [-0.2, 0) is 14.3 Å². The van der Waals surface area contributed by atoms with E-state index in [0.29, 0.717) is 61.6 Å². The Morgan fingerprint density at radius 3 is 2.39 bits per heavy atom. The van der Waals surface area contributed by atoms with E-state index < -0.39 is 11.7 Å². The first kappa shape index (κ1) is 31.0. The van der Waals surface area contributed by atoms with Crippen molar-refractivity contribution in [3.05, 3.63) is 60.9 Å². The third-order valence-electron chi connectivity index (χ3n) is 8.23. The van der Waals surface area contributed by atoms with Crippen molar-refractivity contribution in [3.63, 3.8) is 0 Å². The van der Waals surface area contributed by atoms with E-state index in [2.05, 4.69) is 42.3 Å². The molecule has 2 aromatic carbocycles. The summed E-state index contributed by atoms with van der Waals surface area (Å²) < 4.78 is 6.55. The van der Waals surface area contributed by atoms with Crippen LogP contribution in [0.15, 0.2) is 60.9 Å². The number of rotatable bonds is 6. The zero-order chi connectivity index (χ0) is 32.4. The van der Waals surface area contributed by atoms with E-state index in [4.69, 9.17) is 10.5 Å². The van der Waals surface area contributed by atoms with Crippen LogP contribution in [0.5, 0.6) is 0 Å². The summed E-state index contributed by atoms with van der Waals surface area (Å²) in [5, 5.41) is 7.65. The molecule has 0 radical (unpaired) electrons. The lowest BCUT2D eigenvalue weighted by atomic mass is 10.1. The highest BCUT2D eigenvalue weighted by molar-refractivity contribution is 6.00. The summed E-state index contributed by atoms with van der Waals surface area (Å²) in [6.07, 6.45) is 3.50. The van der Waals surface area contributed by atoms with Gasteiger partial charge in [0.05, 0.1) is 18.0 Å². The average molecular weight is 626 g/mol. The third-order valence-corrected chi connectivity index (χ3v) is 8.23. The summed E-state index contributed by atoms with van der Waals surface area (Å²) in [5.41, 5.74) is 8.53. The molecule has 13 heteroatoms. The Labute approximate surface area is 267 Å². The quantitative estimate of drug-likeness (QED) is 0.326. The molecule has 0 saturated carbocycles. The van der Waals surface area contributed by atoms with Crippen LogP contribution in [0.4, 0.5) is 22.0 Å². The minimum atomic E-state index is -0.680. The smallest absolute Gasteiger partial charge is 0.435 e. The predicted molar refractivity (Wildman–Crippen MR) is 175 cm³/mol. The first-order valence-electron chi connectivity index (χ1n) is 15.5. The highest BCUT2D eigenvalue weighted by Crippen LogP contribution is 2.27. The van der Waals surface area contributed by atoms with E-state index in [0.717, 1.165) is 29.0 Å². The lowest BCUT2D eigenvalue weighted by Gasteiger charge is -2.36. The zero-order valence-corrected chi connectivity index (χ0v) is 26.3. The summed E-state index contributed by atoms with van der Waals surface area (Å²) in [4.78, 5) is 53.7. The molecule has 2 aliphatic rings. The van der Waals surface area contributed by atoms with E-state index in [1.165, 1.54) is 0 Å². The topological polar surface area (TPSA) is 152 Å². The van der Waals surface area contributed by atoms with Gasteiger partial charge in [-0.15, -0.1) is 5.10 Å². The van der Waals surface area contributed by atoms with Gasteiger partial charge in [-0.2, -0.15) is 4.68 Å². The first-order valence-corrected chi connectivity index (χ1v) is 15.5. The van der Waals surface area contributed by atoms with Crippen LogP contribution in [0.3, 0.4) is 0 Å². The molecule has 4 aromatic rings. The maximum Gasteiger partial charge on any atom is 0.435 e. The molecule has 0 aliphatic carbocycles. The predicted octanol–water partition coefficient (Wildman–Crippen LogP) is 3.47. The number of amides is 2. The van der Waals surface area contributed by atoms with Gasteiger partial charge in [0.2, 0.25) is 11.8 Å². The first-order chi connectivity index (χ1) is 22.0. The minimum absolute atomic E-state index is 0.0835. The van der Waals surface area contributed by atoms with E-state index in [-0.39, 0.29) is 23.6 Å². The van der Waals surface area contributed by atoms with Crippen molar-refractivity contribution in [3.8, 4) is 11.4 Å². The van der Waals surface area contributed by atoms with Crippen LogP contribution in [0.25, 0.3) is 22.3 Å². The van der Waals surface area contributed by atoms with Crippen LogP contribution in [0, 0.1) is 5.92 Å². The number of ether oxygens (including phenoxy) is 1. The zero-order valence-electron chi connectivity index (χ0n) is 26.3. The van der Waals surface area contributed by atoms with E-state index >= 15 is 0 Å². The Bertz CT molecular complexity index is 1730. The number of likely N-dealkylation sites (tertiary alicyclic amines) is 1. The van der Waals surface area contributed by atoms with Crippen molar-refractivity contribution in [2.24, 2.45) is 5.92 Å². The molecular weight excluding hydrogens is 586 g/mol. The van der Waals surface area contributed by atoms with Crippen LogP contribution in [0.2, 0.25) is 0 Å². The second-order valence-electron chi connectivity index (χ2n) is 12.7. The number of anilines is 3. The minimum Gasteiger partial charge on any atom is -0.442 e. The number of nitrogens with two attached hydrogens (primary N) is 1. The Morgan fingerprint density at radius 2 is 1.70 bits per heavy atom. The molecule has 0 bridgehead atoms. The second-order valence-corrected chi connectivity index (χ2v) is 12.7. The molecule has 13 nitrogen and oxygen atoms in total. The van der Waals surface area contributed by atoms with Gasteiger partial charge in [-0.05, 0) is 82.3 Å². The number of aromatic nitrogens is 4. The van der Waals surface area contributed by atoms with Crippen molar-refractivity contribution in [2.45, 2.75) is 32.8 Å². The van der Waals surface area contributed by atoms with Gasteiger partial charge in [0.15, 0.2) is 11.6 Å². The highest BCUT2D eigenvalue weighted by atomic mass is 16.6. The number of benzene rings is 2. The normalized spacial score (nSPS) is 17.3.